The minimum atomic E-state index is -1.08. The van der Waals surface area contributed by atoms with E-state index in [9.17, 15) is 14.4 Å². The maximum Gasteiger partial charge on any atom is 0.282 e. The second kappa shape index (κ2) is 11.3. The molecule has 2 aliphatic carbocycles. The molecular formula is C37H36F2N6O2. The smallest absolute Gasteiger partial charge is 0.282 e. The molecule has 4 fully saturated rings. The number of rotatable bonds is 7. The maximum absolute atomic E-state index is 16.3. The Bertz CT molecular complexity index is 1900. The third kappa shape index (κ3) is 4.84. The fourth-order valence-electron chi connectivity index (χ4n) is 8.97. The van der Waals surface area contributed by atoms with E-state index in [-0.39, 0.29) is 43.2 Å². The fourth-order valence-corrected chi connectivity index (χ4v) is 8.97. The Morgan fingerprint density at radius 1 is 1.19 bits per heavy atom. The van der Waals surface area contributed by atoms with E-state index < -0.39 is 23.6 Å². The fraction of sp³-hybridized carbons (Fsp3) is 0.459. The molecule has 2 unspecified atom stereocenters. The highest BCUT2D eigenvalue weighted by atomic mass is 19.1. The molecule has 0 spiro atoms. The lowest BCUT2D eigenvalue weighted by molar-refractivity contribution is -0.131. The normalized spacial score (nSPS) is 24.0. The highest BCUT2D eigenvalue weighted by Gasteiger charge is 2.47. The first-order valence-electron chi connectivity index (χ1n) is 16.6. The van der Waals surface area contributed by atoms with Crippen LogP contribution in [0.4, 0.5) is 14.5 Å². The number of benzene rings is 2. The van der Waals surface area contributed by atoms with Crippen molar-refractivity contribution in [3.63, 3.8) is 0 Å². The summed E-state index contributed by atoms with van der Waals surface area (Å²) in [5.74, 6) is -1.00. The number of carbonyl (C=O) groups is 1. The van der Waals surface area contributed by atoms with Gasteiger partial charge in [0.15, 0.2) is 5.83 Å². The summed E-state index contributed by atoms with van der Waals surface area (Å²) < 4.78 is 36.8. The van der Waals surface area contributed by atoms with Crippen LogP contribution >= 0.6 is 0 Å². The van der Waals surface area contributed by atoms with Crippen LogP contribution in [-0.4, -0.2) is 78.1 Å². The molecule has 5 aliphatic rings. The average Bonchev–Trinajstić information content (AvgIpc) is 3.35. The molecule has 0 radical (unpaired) electrons. The molecule has 1 aromatic heterocycles. The minimum Gasteiger partial charge on any atom is -0.475 e. The van der Waals surface area contributed by atoms with Gasteiger partial charge in [-0.2, -0.15) is 5.26 Å². The van der Waals surface area contributed by atoms with Gasteiger partial charge in [-0.05, 0) is 92.3 Å². The lowest BCUT2D eigenvalue weighted by Crippen LogP contribution is -2.56. The number of hydrogen-bond donors (Lipinski definition) is 0. The molecule has 1 saturated carbocycles. The molecule has 2 aromatic carbocycles. The maximum atomic E-state index is 16.3. The molecule has 3 atom stereocenters. The molecule has 47 heavy (non-hydrogen) atoms. The predicted molar refractivity (Wildman–Crippen MR) is 174 cm³/mol. The number of piperazine rings is 1. The average molecular weight is 635 g/mol. The Balaban J connectivity index is 1.25. The SMILES string of the molecule is [C-]#[N+]C[C@H]1CN(c2c(C#N)c(OCC34CCCN3CCC4)nc3cc(-c4cccc5c4C4CC4C5)c(F)cc23)CCN1C(=O)C(=C)F. The summed E-state index contributed by atoms with van der Waals surface area (Å²) in [7, 11) is 0. The zero-order chi connectivity index (χ0) is 32.4. The summed E-state index contributed by atoms with van der Waals surface area (Å²) in [6.07, 6.45) is 6.44. The van der Waals surface area contributed by atoms with Gasteiger partial charge in [-0.3, -0.25) is 9.69 Å². The Morgan fingerprint density at radius 3 is 2.74 bits per heavy atom. The van der Waals surface area contributed by atoms with Crippen LogP contribution in [0.1, 0.15) is 54.7 Å². The Labute approximate surface area is 273 Å². The molecule has 10 heteroatoms. The number of halogens is 2. The monoisotopic (exact) mass is 634 g/mol. The number of hydrogen-bond acceptors (Lipinski definition) is 6. The van der Waals surface area contributed by atoms with E-state index in [1.165, 1.54) is 22.1 Å². The minimum absolute atomic E-state index is 0.0536. The van der Waals surface area contributed by atoms with Crippen LogP contribution in [0.3, 0.4) is 0 Å². The van der Waals surface area contributed by atoms with Gasteiger partial charge < -0.3 is 19.4 Å². The van der Waals surface area contributed by atoms with Crippen molar-refractivity contribution >= 4 is 22.5 Å². The van der Waals surface area contributed by atoms with Crippen LogP contribution in [0.5, 0.6) is 5.88 Å². The number of ether oxygens (including phenoxy) is 1. The zero-order valence-corrected chi connectivity index (χ0v) is 26.3. The number of anilines is 1. The molecule has 3 saturated heterocycles. The first-order valence-corrected chi connectivity index (χ1v) is 16.6. The van der Waals surface area contributed by atoms with Crippen LogP contribution in [0.2, 0.25) is 0 Å². The van der Waals surface area contributed by atoms with E-state index >= 15 is 4.39 Å². The number of amides is 1. The highest BCUT2D eigenvalue weighted by molar-refractivity contribution is 5.99. The van der Waals surface area contributed by atoms with Gasteiger partial charge in [-0.25, -0.2) is 20.3 Å². The summed E-state index contributed by atoms with van der Waals surface area (Å²) in [6.45, 7) is 13.6. The van der Waals surface area contributed by atoms with Gasteiger partial charge in [0, 0.05) is 30.6 Å². The van der Waals surface area contributed by atoms with Crippen LogP contribution < -0.4 is 9.64 Å². The number of aromatic nitrogens is 1. The molecule has 0 N–H and O–H groups in total. The van der Waals surface area contributed by atoms with E-state index in [0.29, 0.717) is 40.6 Å². The second-order valence-corrected chi connectivity index (χ2v) is 13.8. The Morgan fingerprint density at radius 2 is 2.00 bits per heavy atom. The van der Waals surface area contributed by atoms with Crippen molar-refractivity contribution < 1.29 is 18.3 Å². The van der Waals surface area contributed by atoms with Crippen molar-refractivity contribution in [3.05, 3.63) is 76.7 Å². The molecule has 1 amide bonds. The van der Waals surface area contributed by atoms with Crippen LogP contribution in [0, 0.1) is 29.6 Å². The number of pyridine rings is 1. The number of nitrogens with zero attached hydrogens (tertiary/aromatic N) is 6. The van der Waals surface area contributed by atoms with E-state index in [1.54, 1.807) is 6.07 Å². The largest absolute Gasteiger partial charge is 0.475 e. The molecular weight excluding hydrogens is 598 g/mol. The summed E-state index contributed by atoms with van der Waals surface area (Å²) in [5, 5.41) is 11.1. The standard InChI is InChI=1S/C37H36F2N6O2/c1-22(38)36(46)45-13-12-43(20-25(45)19-41-2)34-29-16-31(39)28(26-7-3-6-23-14-24-15-27(24)33(23)26)17-32(29)42-35(30(34)18-40)47-21-37-8-4-10-44(37)11-5-9-37/h3,6-7,16-17,24-25,27H,1,4-5,8-15,19-21H2/t24?,25-,27?/m0/s1. The number of carbonyl (C=O) groups excluding carboxylic acids is 1. The first kappa shape index (κ1) is 29.8. The van der Waals surface area contributed by atoms with Crippen LogP contribution in [0.15, 0.2) is 42.7 Å². The molecule has 4 heterocycles. The summed E-state index contributed by atoms with van der Waals surface area (Å²) in [5.41, 5.74) is 4.99. The summed E-state index contributed by atoms with van der Waals surface area (Å²) in [6, 6.07) is 11.0. The van der Waals surface area contributed by atoms with Gasteiger partial charge in [0.1, 0.15) is 30.1 Å². The molecule has 0 bridgehead atoms. The molecule has 3 aromatic rings. The van der Waals surface area contributed by atoms with E-state index in [0.717, 1.165) is 57.2 Å². The van der Waals surface area contributed by atoms with E-state index in [2.05, 4.69) is 28.5 Å². The van der Waals surface area contributed by atoms with Crippen molar-refractivity contribution in [3.8, 4) is 23.1 Å². The van der Waals surface area contributed by atoms with E-state index in [1.807, 2.05) is 17.0 Å². The van der Waals surface area contributed by atoms with Crippen molar-refractivity contribution in [2.75, 3.05) is 50.8 Å². The van der Waals surface area contributed by atoms with Gasteiger partial charge in [-0.1, -0.05) is 24.8 Å². The predicted octanol–water partition coefficient (Wildman–Crippen LogP) is 6.00. The Hall–Kier alpha value is -4.54. The van der Waals surface area contributed by atoms with Crippen LogP contribution in [0.25, 0.3) is 26.9 Å². The first-order chi connectivity index (χ1) is 22.8. The molecule has 3 aliphatic heterocycles. The summed E-state index contributed by atoms with van der Waals surface area (Å²) in [4.78, 5) is 26.8. The molecule has 8 rings (SSSR count). The topological polar surface area (TPSA) is 77.1 Å². The highest BCUT2D eigenvalue weighted by Crippen LogP contribution is 2.59. The van der Waals surface area contributed by atoms with Gasteiger partial charge in [-0.15, -0.1) is 0 Å². The van der Waals surface area contributed by atoms with Gasteiger partial charge in [0.05, 0.1) is 16.7 Å². The van der Waals surface area contributed by atoms with Crippen molar-refractivity contribution in [2.24, 2.45) is 5.92 Å². The van der Waals surface area contributed by atoms with Crippen molar-refractivity contribution in [1.29, 1.82) is 5.26 Å². The van der Waals surface area contributed by atoms with Gasteiger partial charge >= 0.3 is 0 Å². The van der Waals surface area contributed by atoms with Gasteiger partial charge in [0.25, 0.3) is 5.91 Å². The summed E-state index contributed by atoms with van der Waals surface area (Å²) >= 11 is 0. The van der Waals surface area contributed by atoms with Gasteiger partial charge in [0.2, 0.25) is 12.4 Å². The molecule has 240 valence electrons. The lowest BCUT2D eigenvalue weighted by Gasteiger charge is -2.40. The van der Waals surface area contributed by atoms with Crippen molar-refractivity contribution in [1.82, 2.24) is 14.8 Å². The third-order valence-electron chi connectivity index (χ3n) is 11.3. The van der Waals surface area contributed by atoms with Crippen molar-refractivity contribution in [2.45, 2.75) is 56.0 Å². The van der Waals surface area contributed by atoms with Crippen LogP contribution in [-0.2, 0) is 11.2 Å². The lowest BCUT2D eigenvalue weighted by atomic mass is 9.92. The second-order valence-electron chi connectivity index (χ2n) is 13.8. The third-order valence-corrected chi connectivity index (χ3v) is 11.3. The quantitative estimate of drug-likeness (QED) is 0.235. The van der Waals surface area contributed by atoms with E-state index in [4.69, 9.17) is 16.3 Å². The Kier molecular flexibility index (Phi) is 7.18. The molecule has 8 nitrogen and oxygen atoms in total. The number of nitriles is 1. The number of fused-ring (bicyclic) bond motifs is 5. The zero-order valence-electron chi connectivity index (χ0n) is 26.3.